The lowest BCUT2D eigenvalue weighted by Gasteiger charge is -2.34. The second-order valence-corrected chi connectivity index (χ2v) is 14.9. The van der Waals surface area contributed by atoms with Crippen molar-refractivity contribution in [2.45, 2.75) is 156 Å². The van der Waals surface area contributed by atoms with Crippen LogP contribution in [0.15, 0.2) is 0 Å². The molecule has 0 saturated carbocycles. The predicted molar refractivity (Wildman–Crippen MR) is 185 cm³/mol. The van der Waals surface area contributed by atoms with Crippen molar-refractivity contribution in [2.75, 3.05) is 46.0 Å². The van der Waals surface area contributed by atoms with Crippen LogP contribution in [0.1, 0.15) is 139 Å². The summed E-state index contributed by atoms with van der Waals surface area (Å²) >= 11 is 0. The van der Waals surface area contributed by atoms with Crippen molar-refractivity contribution in [2.24, 2.45) is 11.8 Å². The van der Waals surface area contributed by atoms with Gasteiger partial charge in [0.05, 0.1) is 0 Å². The Morgan fingerprint density at radius 1 is 0.739 bits per heavy atom. The van der Waals surface area contributed by atoms with E-state index in [4.69, 9.17) is 26.8 Å². The number of rotatable bonds is 6. The average Bonchev–Trinajstić information content (AvgIpc) is 3.73. The number of piperidine rings is 2. The topological polar surface area (TPSA) is 94.6 Å². The number of hydrogen-bond donors (Lipinski definition) is 0. The number of nitrogens with zero attached hydrogens (tertiary/aromatic N) is 2. The Labute approximate surface area is 282 Å². The Morgan fingerprint density at radius 3 is 1.72 bits per heavy atom. The quantitative estimate of drug-likeness (QED) is 0.270. The molecule has 3 unspecified atom stereocenters. The summed E-state index contributed by atoms with van der Waals surface area (Å²) in [6, 6.07) is 0.0463. The zero-order chi connectivity index (χ0) is 34.6. The highest BCUT2D eigenvalue weighted by Crippen LogP contribution is 2.24. The summed E-state index contributed by atoms with van der Waals surface area (Å²) in [5.74, 6) is 0.966. The molecule has 2 radical (unpaired) electrons. The average molecular weight is 651 g/mol. The van der Waals surface area contributed by atoms with E-state index in [0.717, 1.165) is 71.4 Å². The number of ketones is 1. The van der Waals surface area contributed by atoms with Crippen molar-refractivity contribution in [1.29, 1.82) is 0 Å². The third kappa shape index (κ3) is 20.4. The number of carbonyl (C=O) groups is 3. The van der Waals surface area contributed by atoms with Gasteiger partial charge < -0.3 is 28.7 Å². The highest BCUT2D eigenvalue weighted by molar-refractivity contribution is 6.11. The van der Waals surface area contributed by atoms with Gasteiger partial charge in [-0.15, -0.1) is 0 Å². The molecule has 0 aromatic heterocycles. The summed E-state index contributed by atoms with van der Waals surface area (Å²) < 4.78 is 20.6. The lowest BCUT2D eigenvalue weighted by molar-refractivity contribution is -0.124. The molecule has 46 heavy (non-hydrogen) atoms. The van der Waals surface area contributed by atoms with E-state index < -0.39 is 5.60 Å². The first-order chi connectivity index (χ1) is 21.6. The van der Waals surface area contributed by atoms with Gasteiger partial charge in [-0.25, -0.2) is 9.59 Å². The Bertz CT molecular complexity index is 841. The van der Waals surface area contributed by atoms with E-state index in [1.54, 1.807) is 4.90 Å². The van der Waals surface area contributed by atoms with E-state index >= 15 is 0 Å². The summed E-state index contributed by atoms with van der Waals surface area (Å²) in [7, 11) is 5.31. The molecule has 266 valence electrons. The molecule has 0 bridgehead atoms. The minimum absolute atomic E-state index is 0.00576. The molecule has 0 N–H and O–H groups in total. The van der Waals surface area contributed by atoms with Gasteiger partial charge in [0.25, 0.3) is 0 Å². The molecule has 4 aliphatic heterocycles. The number of ether oxygens (including phenoxy) is 4. The van der Waals surface area contributed by atoms with E-state index in [9.17, 15) is 14.4 Å². The first-order valence-electron chi connectivity index (χ1n) is 18.1. The van der Waals surface area contributed by atoms with Crippen LogP contribution in [0.2, 0.25) is 0 Å². The molecule has 4 fully saturated rings. The van der Waals surface area contributed by atoms with Crippen LogP contribution in [-0.2, 0) is 23.7 Å². The fraction of sp³-hybridized carbons (Fsp3) is 0.917. The molecule has 10 heteroatoms. The number of carbonyl (C=O) groups excluding carboxylic acids is 3. The smallest absolute Gasteiger partial charge is 0.410 e. The van der Waals surface area contributed by atoms with Crippen LogP contribution in [0.4, 0.5) is 9.59 Å². The minimum Gasteiger partial charge on any atom is -0.444 e. The number of Topliss-reactive ketones (excluding diaryl/α,β-unsaturated/α-hetero) is 1. The van der Waals surface area contributed by atoms with Gasteiger partial charge in [-0.3, -0.25) is 4.79 Å². The number of hydrogen-bond acceptors (Lipinski definition) is 7. The lowest BCUT2D eigenvalue weighted by atomic mass is 9.92. The van der Waals surface area contributed by atoms with E-state index in [0.29, 0.717) is 25.4 Å². The van der Waals surface area contributed by atoms with Gasteiger partial charge in [0.1, 0.15) is 24.8 Å². The molecule has 3 atom stereocenters. The van der Waals surface area contributed by atoms with Gasteiger partial charge >= 0.3 is 12.2 Å². The second-order valence-electron chi connectivity index (χ2n) is 14.9. The van der Waals surface area contributed by atoms with Crippen LogP contribution in [0.25, 0.3) is 0 Å². The Kier molecular flexibility index (Phi) is 20.8. The Balaban J connectivity index is 0.000000345. The van der Waals surface area contributed by atoms with Crippen molar-refractivity contribution < 1.29 is 33.3 Å². The monoisotopic (exact) mass is 651 g/mol. The van der Waals surface area contributed by atoms with E-state index in [-0.39, 0.29) is 35.5 Å². The minimum atomic E-state index is -0.475. The standard InChI is InChI=1S/C14H25NO3.C14H27NO2.C4H7BO.C4H8O/c1-5-7-12(16)11-8-6-9-15(10-11)13(17)18-14(2,3)4;1-5-6-8-12-9-7-10-15(11-12)13(16)17-14(2,3)4;5-4-2-1-3-6-4;1-2-4-5-3-1/h11H,5-10H2,1-4H3;12H,5-11H2,1-4H3;4H,1-3H2;1-4H2. The molecule has 4 aliphatic rings. The van der Waals surface area contributed by atoms with Crippen molar-refractivity contribution in [3.8, 4) is 0 Å². The third-order valence-corrected chi connectivity index (χ3v) is 7.95. The third-order valence-electron chi connectivity index (χ3n) is 7.95. The molecule has 9 nitrogen and oxygen atoms in total. The molecule has 4 saturated heterocycles. The number of likely N-dealkylation sites (tertiary alicyclic amines) is 2. The maximum absolute atomic E-state index is 11.9. The molecular weight excluding hydrogens is 583 g/mol. The van der Waals surface area contributed by atoms with Crippen molar-refractivity contribution in [3.05, 3.63) is 0 Å². The maximum atomic E-state index is 11.9. The van der Waals surface area contributed by atoms with Gasteiger partial charge in [0.15, 0.2) is 0 Å². The van der Waals surface area contributed by atoms with E-state index in [1.165, 1.54) is 38.5 Å². The number of unbranched alkanes of at least 4 members (excludes halogenated alkanes) is 1. The zero-order valence-electron chi connectivity index (χ0n) is 30.7. The summed E-state index contributed by atoms with van der Waals surface area (Å²) in [6.45, 7) is 21.4. The highest BCUT2D eigenvalue weighted by Gasteiger charge is 2.30. The second kappa shape index (κ2) is 22.7. The molecule has 4 heterocycles. The van der Waals surface area contributed by atoms with E-state index in [2.05, 4.69) is 6.92 Å². The van der Waals surface area contributed by atoms with Gasteiger partial charge in [-0.1, -0.05) is 26.7 Å². The largest absolute Gasteiger partial charge is 0.444 e. The lowest BCUT2D eigenvalue weighted by Crippen LogP contribution is -2.44. The first-order valence-corrected chi connectivity index (χ1v) is 18.1. The summed E-state index contributed by atoms with van der Waals surface area (Å²) in [4.78, 5) is 39.3. The molecule has 0 aromatic rings. The summed E-state index contributed by atoms with van der Waals surface area (Å²) in [5.41, 5.74) is -0.856. The van der Waals surface area contributed by atoms with Crippen LogP contribution in [0.3, 0.4) is 0 Å². The predicted octanol–water partition coefficient (Wildman–Crippen LogP) is 7.91. The van der Waals surface area contributed by atoms with Crippen LogP contribution in [0.5, 0.6) is 0 Å². The first kappa shape index (κ1) is 42.2. The number of amides is 2. The van der Waals surface area contributed by atoms with E-state index in [1.807, 2.05) is 53.4 Å². The fourth-order valence-corrected chi connectivity index (χ4v) is 5.58. The van der Waals surface area contributed by atoms with Crippen molar-refractivity contribution in [3.63, 3.8) is 0 Å². The molecule has 2 amide bonds. The maximum Gasteiger partial charge on any atom is 0.410 e. The van der Waals surface area contributed by atoms with Crippen molar-refractivity contribution >= 4 is 25.8 Å². The van der Waals surface area contributed by atoms with Gasteiger partial charge in [-0.2, -0.15) is 0 Å². The molecule has 0 aromatic carbocycles. The fourth-order valence-electron chi connectivity index (χ4n) is 5.58. The zero-order valence-corrected chi connectivity index (χ0v) is 30.7. The van der Waals surface area contributed by atoms with Crippen LogP contribution >= 0.6 is 0 Å². The Hall–Kier alpha value is -1.81. The molecule has 0 aliphatic carbocycles. The molecular formula is C36H67BN2O7. The molecule has 0 spiro atoms. The Morgan fingerprint density at radius 2 is 1.30 bits per heavy atom. The van der Waals surface area contributed by atoms with Gasteiger partial charge in [0, 0.05) is 64.3 Å². The van der Waals surface area contributed by atoms with Crippen molar-refractivity contribution in [1.82, 2.24) is 9.80 Å². The summed E-state index contributed by atoms with van der Waals surface area (Å²) in [6.07, 6.45) is 13.7. The highest BCUT2D eigenvalue weighted by atomic mass is 16.6. The normalized spacial score (nSPS) is 23.1. The van der Waals surface area contributed by atoms with Crippen LogP contribution in [0, 0.1) is 11.8 Å². The molecule has 4 rings (SSSR count). The van der Waals surface area contributed by atoms with Gasteiger partial charge in [0.2, 0.25) is 0 Å². The van der Waals surface area contributed by atoms with Crippen LogP contribution < -0.4 is 0 Å². The van der Waals surface area contributed by atoms with Crippen LogP contribution in [-0.4, -0.2) is 98.8 Å². The summed E-state index contributed by atoms with van der Waals surface area (Å²) in [5, 5.41) is 0. The van der Waals surface area contributed by atoms with Gasteiger partial charge in [-0.05, 0) is 112 Å². The SMILES string of the molecule is C1CCOC1.CCCC(=O)C1CCCN(C(=O)OC(C)(C)C)C1.CCCCC1CCCN(C(=O)OC(C)(C)C)C1.[B]C1CCCO1.